The highest BCUT2D eigenvalue weighted by Gasteiger charge is 2.20. The summed E-state index contributed by atoms with van der Waals surface area (Å²) in [5.41, 5.74) is 4.95. The lowest BCUT2D eigenvalue weighted by atomic mass is 9.82. The molecule has 1 aliphatic rings. The van der Waals surface area contributed by atoms with E-state index >= 15 is 0 Å². The molecule has 3 aromatic rings. The third kappa shape index (κ3) is 5.31. The molecule has 1 atom stereocenters. The Bertz CT molecular complexity index is 1040. The highest BCUT2D eigenvalue weighted by atomic mass is 35.5. The van der Waals surface area contributed by atoms with Crippen molar-refractivity contribution in [3.63, 3.8) is 0 Å². The van der Waals surface area contributed by atoms with E-state index in [4.69, 9.17) is 11.6 Å². The first-order chi connectivity index (χ1) is 15.0. The van der Waals surface area contributed by atoms with E-state index in [-0.39, 0.29) is 11.9 Å². The van der Waals surface area contributed by atoms with Gasteiger partial charge in [0.25, 0.3) is 5.91 Å². The summed E-state index contributed by atoms with van der Waals surface area (Å²) in [5, 5.41) is 3.82. The first-order valence-corrected chi connectivity index (χ1v) is 11.4. The molecule has 5 heteroatoms. The fraction of sp³-hybridized carbons (Fsp3) is 0.346. The van der Waals surface area contributed by atoms with Crippen molar-refractivity contribution in [2.24, 2.45) is 0 Å². The van der Waals surface area contributed by atoms with Crippen molar-refractivity contribution in [1.29, 1.82) is 0 Å². The minimum absolute atomic E-state index is 0.0825. The molecule has 2 aromatic carbocycles. The van der Waals surface area contributed by atoms with Gasteiger partial charge in [-0.2, -0.15) is 0 Å². The second-order valence-electron chi connectivity index (χ2n) is 8.44. The molecule has 0 unspecified atom stereocenters. The second kappa shape index (κ2) is 9.61. The summed E-state index contributed by atoms with van der Waals surface area (Å²) in [4.78, 5) is 21.7. The van der Waals surface area contributed by atoms with Crippen LogP contribution in [0.4, 0.5) is 0 Å². The SMILES string of the molecule is Cc1ncc([C@@H](C)NC(=O)c2cc(-c3ccc(Cl)cc3)cc(C3CCCCC3)c2)cn1. The predicted octanol–water partition coefficient (Wildman–Crippen LogP) is 6.64. The van der Waals surface area contributed by atoms with Crippen molar-refractivity contribution in [3.05, 3.63) is 82.4 Å². The van der Waals surface area contributed by atoms with Gasteiger partial charge in [-0.15, -0.1) is 0 Å². The fourth-order valence-corrected chi connectivity index (χ4v) is 4.38. The average Bonchev–Trinajstić information content (AvgIpc) is 2.80. The highest BCUT2D eigenvalue weighted by Crippen LogP contribution is 2.35. The summed E-state index contributed by atoms with van der Waals surface area (Å²) in [5.74, 6) is 1.14. The second-order valence-corrected chi connectivity index (χ2v) is 8.88. The highest BCUT2D eigenvalue weighted by molar-refractivity contribution is 6.30. The fourth-order valence-electron chi connectivity index (χ4n) is 4.25. The maximum absolute atomic E-state index is 13.2. The monoisotopic (exact) mass is 433 g/mol. The predicted molar refractivity (Wildman–Crippen MR) is 125 cm³/mol. The Labute approximate surface area is 189 Å². The minimum Gasteiger partial charge on any atom is -0.345 e. The van der Waals surface area contributed by atoms with E-state index in [1.165, 1.54) is 37.7 Å². The van der Waals surface area contributed by atoms with Gasteiger partial charge in [0, 0.05) is 28.5 Å². The number of benzene rings is 2. The van der Waals surface area contributed by atoms with Gasteiger partial charge in [0.15, 0.2) is 0 Å². The van der Waals surface area contributed by atoms with Crippen molar-refractivity contribution < 1.29 is 4.79 Å². The van der Waals surface area contributed by atoms with E-state index in [1.54, 1.807) is 12.4 Å². The van der Waals surface area contributed by atoms with Crippen molar-refractivity contribution in [1.82, 2.24) is 15.3 Å². The largest absolute Gasteiger partial charge is 0.345 e. The lowest BCUT2D eigenvalue weighted by Crippen LogP contribution is -2.27. The third-order valence-corrected chi connectivity index (χ3v) is 6.37. The zero-order chi connectivity index (χ0) is 21.8. The molecule has 0 saturated heterocycles. The zero-order valence-corrected chi connectivity index (χ0v) is 18.8. The van der Waals surface area contributed by atoms with Gasteiger partial charge in [-0.05, 0) is 73.6 Å². The van der Waals surface area contributed by atoms with Crippen LogP contribution >= 0.6 is 11.6 Å². The van der Waals surface area contributed by atoms with E-state index in [0.717, 1.165) is 22.5 Å². The normalized spacial score (nSPS) is 15.5. The maximum Gasteiger partial charge on any atom is 0.251 e. The van der Waals surface area contributed by atoms with Crippen LogP contribution in [0.3, 0.4) is 0 Å². The molecule has 1 saturated carbocycles. The van der Waals surface area contributed by atoms with Crippen LogP contribution in [0, 0.1) is 6.92 Å². The molecule has 31 heavy (non-hydrogen) atoms. The summed E-state index contributed by atoms with van der Waals surface area (Å²) in [7, 11) is 0. The number of aryl methyl sites for hydroxylation is 1. The molecule has 4 rings (SSSR count). The molecule has 160 valence electrons. The van der Waals surface area contributed by atoms with Crippen molar-refractivity contribution in [2.75, 3.05) is 0 Å². The van der Waals surface area contributed by atoms with E-state index in [9.17, 15) is 4.79 Å². The maximum atomic E-state index is 13.2. The Morgan fingerprint density at radius 3 is 2.35 bits per heavy atom. The lowest BCUT2D eigenvalue weighted by Gasteiger charge is -2.23. The van der Waals surface area contributed by atoms with Crippen LogP contribution in [0.15, 0.2) is 54.9 Å². The quantitative estimate of drug-likeness (QED) is 0.490. The first kappa shape index (κ1) is 21.5. The molecule has 0 bridgehead atoms. The molecule has 0 radical (unpaired) electrons. The third-order valence-electron chi connectivity index (χ3n) is 6.12. The van der Waals surface area contributed by atoms with Crippen LogP contribution in [0.1, 0.15) is 78.3 Å². The van der Waals surface area contributed by atoms with Gasteiger partial charge in [0.1, 0.15) is 5.82 Å². The number of hydrogen-bond acceptors (Lipinski definition) is 3. The van der Waals surface area contributed by atoms with Crippen LogP contribution in [-0.4, -0.2) is 15.9 Å². The van der Waals surface area contributed by atoms with Crippen LogP contribution in [0.2, 0.25) is 5.02 Å². The van der Waals surface area contributed by atoms with Crippen LogP contribution < -0.4 is 5.32 Å². The molecular formula is C26H28ClN3O. The molecular weight excluding hydrogens is 406 g/mol. The van der Waals surface area contributed by atoms with E-state index < -0.39 is 0 Å². The molecule has 1 heterocycles. The average molecular weight is 434 g/mol. The molecule has 1 fully saturated rings. The van der Waals surface area contributed by atoms with Gasteiger partial charge in [-0.1, -0.05) is 49.1 Å². The van der Waals surface area contributed by atoms with Crippen LogP contribution in [0.25, 0.3) is 11.1 Å². The summed E-state index contributed by atoms with van der Waals surface area (Å²) < 4.78 is 0. The molecule has 0 spiro atoms. The molecule has 4 nitrogen and oxygen atoms in total. The van der Waals surface area contributed by atoms with Crippen molar-refractivity contribution in [3.8, 4) is 11.1 Å². The number of aromatic nitrogens is 2. The van der Waals surface area contributed by atoms with Crippen LogP contribution in [-0.2, 0) is 0 Å². The summed E-state index contributed by atoms with van der Waals surface area (Å²) in [6.45, 7) is 3.80. The van der Waals surface area contributed by atoms with E-state index in [2.05, 4.69) is 27.4 Å². The number of rotatable bonds is 5. The van der Waals surface area contributed by atoms with Gasteiger partial charge >= 0.3 is 0 Å². The number of nitrogens with one attached hydrogen (secondary N) is 1. The topological polar surface area (TPSA) is 54.9 Å². The van der Waals surface area contributed by atoms with Gasteiger partial charge < -0.3 is 5.32 Å². The Hall–Kier alpha value is -2.72. The number of carbonyl (C=O) groups is 1. The van der Waals surface area contributed by atoms with Gasteiger partial charge in [0.05, 0.1) is 6.04 Å². The molecule has 1 aromatic heterocycles. The first-order valence-electron chi connectivity index (χ1n) is 11.0. The van der Waals surface area contributed by atoms with E-state index in [0.29, 0.717) is 16.5 Å². The molecule has 1 N–H and O–H groups in total. The Morgan fingerprint density at radius 2 is 1.68 bits per heavy atom. The number of hydrogen-bond donors (Lipinski definition) is 1. The Balaban J connectivity index is 1.64. The van der Waals surface area contributed by atoms with E-state index in [1.807, 2.05) is 44.2 Å². The Kier molecular flexibility index (Phi) is 6.67. The summed E-state index contributed by atoms with van der Waals surface area (Å²) in [6, 6.07) is 13.9. The minimum atomic E-state index is -0.176. The molecule has 1 amide bonds. The number of halogens is 1. The van der Waals surface area contributed by atoms with Crippen LogP contribution in [0.5, 0.6) is 0 Å². The number of carbonyl (C=O) groups excluding carboxylic acids is 1. The number of nitrogens with zero attached hydrogens (tertiary/aromatic N) is 2. The summed E-state index contributed by atoms with van der Waals surface area (Å²) >= 11 is 6.08. The Morgan fingerprint density at radius 1 is 1.00 bits per heavy atom. The van der Waals surface area contributed by atoms with Crippen molar-refractivity contribution in [2.45, 2.75) is 57.9 Å². The van der Waals surface area contributed by atoms with Crippen molar-refractivity contribution >= 4 is 17.5 Å². The van der Waals surface area contributed by atoms with Gasteiger partial charge in [-0.3, -0.25) is 4.79 Å². The van der Waals surface area contributed by atoms with Gasteiger partial charge in [0.2, 0.25) is 0 Å². The summed E-state index contributed by atoms with van der Waals surface area (Å²) in [6.07, 6.45) is 9.71. The molecule has 1 aliphatic carbocycles. The lowest BCUT2D eigenvalue weighted by molar-refractivity contribution is 0.0939. The van der Waals surface area contributed by atoms with Gasteiger partial charge in [-0.25, -0.2) is 9.97 Å². The smallest absolute Gasteiger partial charge is 0.251 e. The zero-order valence-electron chi connectivity index (χ0n) is 18.1. The standard InChI is InChI=1S/C26H28ClN3O/c1-17(24-15-28-18(2)29-16-24)30-26(31)23-13-21(19-6-4-3-5-7-19)12-22(14-23)20-8-10-25(27)11-9-20/h8-17,19H,3-7H2,1-2H3,(H,30,31)/t17-/m1/s1. The number of amides is 1. The molecule has 0 aliphatic heterocycles.